The summed E-state index contributed by atoms with van der Waals surface area (Å²) in [6, 6.07) is 10.0. The second-order valence-electron chi connectivity index (χ2n) is 6.89. The highest BCUT2D eigenvalue weighted by molar-refractivity contribution is 5.77. The molecule has 150 valence electrons. The van der Waals surface area contributed by atoms with E-state index in [4.69, 9.17) is 4.74 Å². The number of anilines is 3. The van der Waals surface area contributed by atoms with Crippen molar-refractivity contribution >= 4 is 17.3 Å². The third-order valence-corrected chi connectivity index (χ3v) is 4.89. The molecule has 8 nitrogen and oxygen atoms in total. The molecule has 1 saturated heterocycles. The lowest BCUT2D eigenvalue weighted by atomic mass is 10.1. The SMILES string of the molecule is Cc1ccccc1Nc1ncncc1-c1cc(NCCN2CCOCC2)ncn1. The number of ether oxygens (including phenoxy) is 1. The third-order valence-electron chi connectivity index (χ3n) is 4.89. The Morgan fingerprint density at radius 3 is 2.79 bits per heavy atom. The number of para-hydroxylation sites is 1. The standard InChI is InChI=1S/C21H25N7O/c1-16-4-2-3-5-18(16)27-21-17(13-22-14-26-21)19-12-20(25-15-24-19)23-6-7-28-8-10-29-11-9-28/h2-5,12-15H,6-11H2,1H3,(H,22,26,27)(H,23,24,25). The van der Waals surface area contributed by atoms with Crippen LogP contribution in [0.4, 0.5) is 17.3 Å². The molecule has 3 aromatic rings. The number of nitrogens with zero attached hydrogens (tertiary/aromatic N) is 5. The number of morpholine rings is 1. The average molecular weight is 391 g/mol. The maximum atomic E-state index is 5.39. The van der Waals surface area contributed by atoms with Crippen LogP contribution in [-0.4, -0.2) is 64.2 Å². The van der Waals surface area contributed by atoms with E-state index in [9.17, 15) is 0 Å². The van der Waals surface area contributed by atoms with Gasteiger partial charge in [0.05, 0.1) is 24.5 Å². The van der Waals surface area contributed by atoms with E-state index in [1.165, 1.54) is 6.33 Å². The fraction of sp³-hybridized carbons (Fsp3) is 0.333. The van der Waals surface area contributed by atoms with Gasteiger partial charge in [0.2, 0.25) is 0 Å². The number of nitrogens with one attached hydrogen (secondary N) is 2. The van der Waals surface area contributed by atoms with Crippen molar-refractivity contribution in [3.8, 4) is 11.3 Å². The molecule has 2 N–H and O–H groups in total. The van der Waals surface area contributed by atoms with Crippen molar-refractivity contribution in [1.82, 2.24) is 24.8 Å². The molecule has 4 rings (SSSR count). The molecule has 1 aromatic carbocycles. The predicted molar refractivity (Wildman–Crippen MR) is 113 cm³/mol. The monoisotopic (exact) mass is 391 g/mol. The predicted octanol–water partition coefficient (Wildman–Crippen LogP) is 2.73. The van der Waals surface area contributed by atoms with Crippen molar-refractivity contribution in [2.24, 2.45) is 0 Å². The lowest BCUT2D eigenvalue weighted by molar-refractivity contribution is 0.0398. The second kappa shape index (κ2) is 9.40. The highest BCUT2D eigenvalue weighted by Crippen LogP contribution is 2.28. The van der Waals surface area contributed by atoms with Gasteiger partial charge in [-0.2, -0.15) is 0 Å². The molecule has 0 atom stereocenters. The van der Waals surface area contributed by atoms with Crippen molar-refractivity contribution in [1.29, 1.82) is 0 Å². The summed E-state index contributed by atoms with van der Waals surface area (Å²) >= 11 is 0. The van der Waals surface area contributed by atoms with E-state index in [1.54, 1.807) is 12.5 Å². The third kappa shape index (κ3) is 5.04. The van der Waals surface area contributed by atoms with Crippen LogP contribution in [0.2, 0.25) is 0 Å². The quantitative estimate of drug-likeness (QED) is 0.636. The first-order valence-corrected chi connectivity index (χ1v) is 9.78. The fourth-order valence-corrected chi connectivity index (χ4v) is 3.23. The lowest BCUT2D eigenvalue weighted by Gasteiger charge is -2.26. The Balaban J connectivity index is 1.47. The maximum absolute atomic E-state index is 5.39. The average Bonchev–Trinajstić information content (AvgIpc) is 2.77. The Bertz CT molecular complexity index is 944. The first kappa shape index (κ1) is 19.2. The molecular formula is C21H25N7O. The highest BCUT2D eigenvalue weighted by atomic mass is 16.5. The normalized spacial score (nSPS) is 14.5. The van der Waals surface area contributed by atoms with E-state index in [0.29, 0.717) is 5.82 Å². The van der Waals surface area contributed by atoms with Crippen LogP contribution in [0.5, 0.6) is 0 Å². The number of hydrogen-bond donors (Lipinski definition) is 2. The van der Waals surface area contributed by atoms with Crippen LogP contribution in [0.15, 0.2) is 49.2 Å². The minimum Gasteiger partial charge on any atom is -0.379 e. The molecule has 0 unspecified atom stereocenters. The van der Waals surface area contributed by atoms with Gasteiger partial charge < -0.3 is 15.4 Å². The van der Waals surface area contributed by atoms with E-state index in [1.807, 2.05) is 24.3 Å². The Hall–Kier alpha value is -3.10. The van der Waals surface area contributed by atoms with E-state index in [2.05, 4.69) is 48.5 Å². The zero-order valence-corrected chi connectivity index (χ0v) is 16.5. The van der Waals surface area contributed by atoms with Crippen LogP contribution >= 0.6 is 0 Å². The number of benzene rings is 1. The molecule has 2 aromatic heterocycles. The van der Waals surface area contributed by atoms with Crippen molar-refractivity contribution in [2.75, 3.05) is 50.0 Å². The maximum Gasteiger partial charge on any atom is 0.143 e. The number of aryl methyl sites for hydroxylation is 1. The molecule has 0 spiro atoms. The molecule has 0 radical (unpaired) electrons. The Labute approximate surface area is 170 Å². The van der Waals surface area contributed by atoms with E-state index < -0.39 is 0 Å². The van der Waals surface area contributed by atoms with Gasteiger partial charge in [-0.3, -0.25) is 4.90 Å². The van der Waals surface area contributed by atoms with Crippen LogP contribution in [0.25, 0.3) is 11.3 Å². The van der Waals surface area contributed by atoms with Gasteiger partial charge in [-0.15, -0.1) is 0 Å². The minimum atomic E-state index is 0.715. The molecule has 8 heteroatoms. The van der Waals surface area contributed by atoms with Gasteiger partial charge in [0.1, 0.15) is 24.3 Å². The summed E-state index contributed by atoms with van der Waals surface area (Å²) in [5, 5.41) is 6.78. The van der Waals surface area contributed by atoms with Crippen LogP contribution in [0, 0.1) is 6.92 Å². The zero-order chi connectivity index (χ0) is 19.9. The Morgan fingerprint density at radius 1 is 1.07 bits per heavy atom. The van der Waals surface area contributed by atoms with Crippen LogP contribution in [0.1, 0.15) is 5.56 Å². The van der Waals surface area contributed by atoms with Crippen molar-refractivity contribution < 1.29 is 4.74 Å². The fourth-order valence-electron chi connectivity index (χ4n) is 3.23. The molecule has 0 saturated carbocycles. The molecule has 0 amide bonds. The summed E-state index contributed by atoms with van der Waals surface area (Å²) in [7, 11) is 0. The van der Waals surface area contributed by atoms with Gasteiger partial charge in [-0.1, -0.05) is 18.2 Å². The summed E-state index contributed by atoms with van der Waals surface area (Å²) in [5.74, 6) is 1.50. The van der Waals surface area contributed by atoms with Crippen molar-refractivity contribution in [3.05, 3.63) is 54.7 Å². The van der Waals surface area contributed by atoms with E-state index >= 15 is 0 Å². The topological polar surface area (TPSA) is 88.1 Å². The second-order valence-corrected chi connectivity index (χ2v) is 6.89. The molecule has 0 bridgehead atoms. The Kier molecular flexibility index (Phi) is 6.23. The van der Waals surface area contributed by atoms with E-state index in [-0.39, 0.29) is 0 Å². The summed E-state index contributed by atoms with van der Waals surface area (Å²) < 4.78 is 5.39. The summed E-state index contributed by atoms with van der Waals surface area (Å²) in [6.45, 7) is 7.40. The van der Waals surface area contributed by atoms with Gasteiger partial charge in [0, 0.05) is 44.1 Å². The van der Waals surface area contributed by atoms with Gasteiger partial charge in [0.25, 0.3) is 0 Å². The van der Waals surface area contributed by atoms with Crippen molar-refractivity contribution in [3.63, 3.8) is 0 Å². The lowest BCUT2D eigenvalue weighted by Crippen LogP contribution is -2.39. The number of hydrogen-bond acceptors (Lipinski definition) is 8. The molecule has 1 aliphatic heterocycles. The Morgan fingerprint density at radius 2 is 1.93 bits per heavy atom. The van der Waals surface area contributed by atoms with Crippen LogP contribution in [0.3, 0.4) is 0 Å². The number of aromatic nitrogens is 4. The summed E-state index contributed by atoms with van der Waals surface area (Å²) in [4.78, 5) is 19.8. The zero-order valence-electron chi connectivity index (χ0n) is 16.5. The molecule has 0 aliphatic carbocycles. The van der Waals surface area contributed by atoms with E-state index in [0.717, 1.165) is 67.7 Å². The summed E-state index contributed by atoms with van der Waals surface area (Å²) in [5.41, 5.74) is 3.75. The van der Waals surface area contributed by atoms with Gasteiger partial charge in [0.15, 0.2) is 0 Å². The first-order chi connectivity index (χ1) is 14.3. The molecule has 1 aliphatic rings. The summed E-state index contributed by atoms with van der Waals surface area (Å²) in [6.07, 6.45) is 4.87. The number of rotatable bonds is 7. The van der Waals surface area contributed by atoms with Gasteiger partial charge in [-0.25, -0.2) is 19.9 Å². The molecular weight excluding hydrogens is 366 g/mol. The van der Waals surface area contributed by atoms with Crippen LogP contribution in [-0.2, 0) is 4.74 Å². The van der Waals surface area contributed by atoms with Gasteiger partial charge >= 0.3 is 0 Å². The molecule has 29 heavy (non-hydrogen) atoms. The highest BCUT2D eigenvalue weighted by Gasteiger charge is 2.12. The van der Waals surface area contributed by atoms with Gasteiger partial charge in [-0.05, 0) is 18.6 Å². The largest absolute Gasteiger partial charge is 0.379 e. The van der Waals surface area contributed by atoms with Crippen molar-refractivity contribution in [2.45, 2.75) is 6.92 Å². The molecule has 1 fully saturated rings. The molecule has 3 heterocycles. The minimum absolute atomic E-state index is 0.715. The van der Waals surface area contributed by atoms with Crippen LogP contribution < -0.4 is 10.6 Å². The first-order valence-electron chi connectivity index (χ1n) is 9.78. The smallest absolute Gasteiger partial charge is 0.143 e.